The molecule has 0 aliphatic heterocycles. The first-order valence-electron chi connectivity index (χ1n) is 8.16. The summed E-state index contributed by atoms with van der Waals surface area (Å²) >= 11 is 1.67. The molecule has 2 N–H and O–H groups in total. The van der Waals surface area contributed by atoms with Crippen LogP contribution in [0.4, 0.5) is 0 Å². The second-order valence-corrected chi connectivity index (χ2v) is 7.14. The zero-order valence-electron chi connectivity index (χ0n) is 15.1. The summed E-state index contributed by atoms with van der Waals surface area (Å²) < 4.78 is 5.32. The van der Waals surface area contributed by atoms with E-state index in [2.05, 4.69) is 34.6 Å². The molecule has 0 saturated carbocycles. The third kappa shape index (κ3) is 6.22. The van der Waals surface area contributed by atoms with E-state index in [-0.39, 0.29) is 12.5 Å². The Kier molecular flexibility index (Phi) is 7.00. The van der Waals surface area contributed by atoms with Crippen molar-refractivity contribution in [2.75, 3.05) is 20.6 Å². The van der Waals surface area contributed by atoms with E-state index in [0.29, 0.717) is 25.0 Å². The van der Waals surface area contributed by atoms with Gasteiger partial charge in [-0.1, -0.05) is 25.1 Å². The maximum Gasteiger partial charge on any atom is 0.243 e. The van der Waals surface area contributed by atoms with E-state index in [9.17, 15) is 4.79 Å². The Morgan fingerprint density at radius 2 is 2.12 bits per heavy atom. The summed E-state index contributed by atoms with van der Waals surface area (Å²) in [4.78, 5) is 18.8. The Labute approximate surface area is 152 Å². The number of carbonyl (C=O) groups is 1. The lowest BCUT2D eigenvalue weighted by molar-refractivity contribution is -0.127. The van der Waals surface area contributed by atoms with Crippen LogP contribution in [0.2, 0.25) is 0 Å². The average molecular weight is 363 g/mol. The van der Waals surface area contributed by atoms with Crippen LogP contribution >= 0.6 is 11.3 Å². The van der Waals surface area contributed by atoms with Gasteiger partial charge < -0.3 is 20.1 Å². The molecule has 0 unspecified atom stereocenters. The Morgan fingerprint density at radius 1 is 1.36 bits per heavy atom. The van der Waals surface area contributed by atoms with Crippen molar-refractivity contribution < 1.29 is 9.32 Å². The first-order chi connectivity index (χ1) is 12.0. The maximum absolute atomic E-state index is 11.8. The Bertz CT molecular complexity index is 692. The quantitative estimate of drug-likeness (QED) is 0.582. The van der Waals surface area contributed by atoms with Crippen molar-refractivity contribution in [3.63, 3.8) is 0 Å². The molecule has 2 aromatic rings. The van der Waals surface area contributed by atoms with Crippen LogP contribution in [0.15, 0.2) is 33.1 Å². The Morgan fingerprint density at radius 3 is 2.72 bits per heavy atom. The van der Waals surface area contributed by atoms with Gasteiger partial charge in [-0.3, -0.25) is 4.79 Å². The number of nitrogens with zero attached hydrogens (tertiary/aromatic N) is 3. The van der Waals surface area contributed by atoms with Crippen molar-refractivity contribution in [2.45, 2.75) is 32.9 Å². The van der Waals surface area contributed by atoms with Gasteiger partial charge in [0.05, 0.1) is 18.8 Å². The fourth-order valence-electron chi connectivity index (χ4n) is 1.90. The van der Waals surface area contributed by atoms with E-state index in [1.165, 1.54) is 9.78 Å². The van der Waals surface area contributed by atoms with Gasteiger partial charge in [-0.2, -0.15) is 0 Å². The monoisotopic (exact) mass is 363 g/mol. The summed E-state index contributed by atoms with van der Waals surface area (Å²) in [5, 5.41) is 12.5. The molecule has 25 heavy (non-hydrogen) atoms. The summed E-state index contributed by atoms with van der Waals surface area (Å²) in [5.41, 5.74) is 0.921. The van der Waals surface area contributed by atoms with Crippen LogP contribution in [-0.4, -0.2) is 42.6 Å². The molecule has 8 heteroatoms. The van der Waals surface area contributed by atoms with Crippen LogP contribution < -0.4 is 10.6 Å². The van der Waals surface area contributed by atoms with Gasteiger partial charge >= 0.3 is 0 Å². The highest BCUT2D eigenvalue weighted by Crippen LogP contribution is 2.13. The minimum Gasteiger partial charge on any atom is -0.359 e. The summed E-state index contributed by atoms with van der Waals surface area (Å²) in [6.07, 6.45) is 0. The highest BCUT2D eigenvalue weighted by molar-refractivity contribution is 7.09. The van der Waals surface area contributed by atoms with Gasteiger partial charge in [-0.25, -0.2) is 4.99 Å². The summed E-state index contributed by atoms with van der Waals surface area (Å²) in [5.74, 6) is 1.55. The fraction of sp³-hybridized carbons (Fsp3) is 0.471. The van der Waals surface area contributed by atoms with Gasteiger partial charge in [-0.15, -0.1) is 11.3 Å². The molecule has 0 aliphatic rings. The zero-order valence-corrected chi connectivity index (χ0v) is 15.9. The predicted octanol–water partition coefficient (Wildman–Crippen LogP) is 2.18. The van der Waals surface area contributed by atoms with Gasteiger partial charge in [-0.05, 0) is 17.4 Å². The lowest BCUT2D eigenvalue weighted by Crippen LogP contribution is -2.37. The van der Waals surface area contributed by atoms with Crippen LogP contribution in [0.25, 0.3) is 0 Å². The van der Waals surface area contributed by atoms with Gasteiger partial charge in [0.25, 0.3) is 0 Å². The number of thiophene rings is 1. The second-order valence-electron chi connectivity index (χ2n) is 6.11. The lowest BCUT2D eigenvalue weighted by Gasteiger charge is -2.12. The number of aromatic nitrogens is 1. The van der Waals surface area contributed by atoms with Crippen molar-refractivity contribution in [2.24, 2.45) is 4.99 Å². The van der Waals surface area contributed by atoms with Crippen LogP contribution in [0.5, 0.6) is 0 Å². The van der Waals surface area contributed by atoms with Crippen molar-refractivity contribution in [1.29, 1.82) is 0 Å². The molecule has 2 heterocycles. The first kappa shape index (κ1) is 19.0. The number of carbonyl (C=O) groups excluding carboxylic acids is 1. The predicted molar refractivity (Wildman–Crippen MR) is 99.6 cm³/mol. The molecule has 136 valence electrons. The largest absolute Gasteiger partial charge is 0.359 e. The number of hydrogen-bond donors (Lipinski definition) is 2. The number of amides is 1. The molecule has 7 nitrogen and oxygen atoms in total. The number of hydrogen-bond acceptors (Lipinski definition) is 5. The highest BCUT2D eigenvalue weighted by atomic mass is 32.1. The molecule has 0 radical (unpaired) electrons. The minimum atomic E-state index is -0.0565. The topological polar surface area (TPSA) is 82.8 Å². The third-order valence-corrected chi connectivity index (χ3v) is 4.36. The van der Waals surface area contributed by atoms with Crippen molar-refractivity contribution in [1.82, 2.24) is 20.7 Å². The molecule has 0 fully saturated rings. The number of rotatable bonds is 7. The first-order valence-corrected chi connectivity index (χ1v) is 9.04. The van der Waals surface area contributed by atoms with Gasteiger partial charge in [0.1, 0.15) is 6.54 Å². The molecule has 0 spiro atoms. The van der Waals surface area contributed by atoms with Crippen LogP contribution in [-0.2, 0) is 17.9 Å². The Balaban J connectivity index is 1.96. The molecule has 0 atom stereocenters. The van der Waals surface area contributed by atoms with Gasteiger partial charge in [0, 0.05) is 25.0 Å². The van der Waals surface area contributed by atoms with Gasteiger partial charge in [0.2, 0.25) is 5.91 Å². The smallest absolute Gasteiger partial charge is 0.243 e. The minimum absolute atomic E-state index is 0.0565. The molecule has 0 aromatic carbocycles. The van der Waals surface area contributed by atoms with Crippen molar-refractivity contribution in [3.05, 3.63) is 39.9 Å². The van der Waals surface area contributed by atoms with Gasteiger partial charge in [0.15, 0.2) is 11.7 Å². The molecule has 0 aliphatic carbocycles. The molecule has 2 rings (SSSR count). The fourth-order valence-corrected chi connectivity index (χ4v) is 2.55. The second kappa shape index (κ2) is 9.22. The standard InChI is InChI=1S/C17H25N5O2S/c1-12(2)15-8-13(24-21-15)9-18-17(20-11-16(23)22(3)4)19-10-14-6-5-7-25-14/h5-8,12H,9-11H2,1-4H3,(H2,18,19,20). The Hall–Kier alpha value is -2.35. The highest BCUT2D eigenvalue weighted by Gasteiger charge is 2.09. The van der Waals surface area contributed by atoms with E-state index >= 15 is 0 Å². The summed E-state index contributed by atoms with van der Waals surface area (Å²) in [6, 6.07) is 5.98. The molecular weight excluding hydrogens is 338 g/mol. The van der Waals surface area contributed by atoms with E-state index in [1.54, 1.807) is 25.4 Å². The molecular formula is C17H25N5O2S. The van der Waals surface area contributed by atoms with E-state index < -0.39 is 0 Å². The summed E-state index contributed by atoms with van der Waals surface area (Å²) in [6.45, 7) is 5.31. The van der Waals surface area contributed by atoms with Crippen molar-refractivity contribution in [3.8, 4) is 0 Å². The SMILES string of the molecule is CC(C)c1cc(CNC(=NCC(=O)N(C)C)NCc2cccs2)on1. The molecule has 2 aromatic heterocycles. The number of nitrogens with one attached hydrogen (secondary N) is 2. The third-order valence-electron chi connectivity index (χ3n) is 3.48. The van der Waals surface area contributed by atoms with E-state index in [1.807, 2.05) is 23.6 Å². The maximum atomic E-state index is 11.8. The van der Waals surface area contributed by atoms with Crippen molar-refractivity contribution >= 4 is 23.2 Å². The van der Waals surface area contributed by atoms with E-state index in [0.717, 1.165) is 11.5 Å². The van der Waals surface area contributed by atoms with Crippen LogP contribution in [0.1, 0.15) is 36.1 Å². The normalized spacial score (nSPS) is 11.6. The number of aliphatic imine (C=N–C) groups is 1. The molecule has 0 bridgehead atoms. The lowest BCUT2D eigenvalue weighted by atomic mass is 10.1. The number of likely N-dealkylation sites (N-methyl/N-ethyl adjacent to an activating group) is 1. The summed E-state index contributed by atoms with van der Waals surface area (Å²) in [7, 11) is 3.43. The van der Waals surface area contributed by atoms with Crippen LogP contribution in [0, 0.1) is 0 Å². The molecule has 0 saturated heterocycles. The van der Waals surface area contributed by atoms with E-state index in [4.69, 9.17) is 4.52 Å². The average Bonchev–Trinajstić information content (AvgIpc) is 3.25. The molecule has 1 amide bonds. The number of guanidine groups is 1. The van der Waals surface area contributed by atoms with Crippen LogP contribution in [0.3, 0.4) is 0 Å². The zero-order chi connectivity index (χ0) is 18.2.